The van der Waals surface area contributed by atoms with Gasteiger partial charge in [0.1, 0.15) is 0 Å². The van der Waals surface area contributed by atoms with Gasteiger partial charge in [-0.15, -0.1) is 0 Å². The van der Waals surface area contributed by atoms with E-state index in [9.17, 15) is 5.11 Å². The van der Waals surface area contributed by atoms with Crippen LogP contribution in [0.5, 0.6) is 0 Å². The van der Waals surface area contributed by atoms with Gasteiger partial charge in [-0.2, -0.15) is 0 Å². The lowest BCUT2D eigenvalue weighted by molar-refractivity contribution is 0.176. The van der Waals surface area contributed by atoms with Gasteiger partial charge in [0.05, 0.1) is 6.10 Å². The van der Waals surface area contributed by atoms with Crippen LogP contribution in [-0.4, -0.2) is 24.3 Å². The van der Waals surface area contributed by atoms with Crippen molar-refractivity contribution in [1.29, 1.82) is 0 Å². The highest BCUT2D eigenvalue weighted by atomic mass is 16.3. The molecule has 0 aromatic heterocycles. The fraction of sp³-hybridized carbons (Fsp3) is 0.571. The Morgan fingerprint density at radius 2 is 2.25 bits per heavy atom. The van der Waals surface area contributed by atoms with Crippen LogP contribution in [0.15, 0.2) is 18.2 Å². The Hall–Kier alpha value is -1.02. The van der Waals surface area contributed by atoms with Gasteiger partial charge in [0, 0.05) is 24.7 Å². The number of nitrogens with zero attached hydrogens (tertiary/aromatic N) is 1. The predicted octanol–water partition coefficient (Wildman–Crippen LogP) is 2.69. The molecule has 88 valence electrons. The van der Waals surface area contributed by atoms with Crippen molar-refractivity contribution in [3.05, 3.63) is 29.3 Å². The average Bonchev–Trinajstić information content (AvgIpc) is 2.55. The summed E-state index contributed by atoms with van der Waals surface area (Å²) in [4.78, 5) is 2.40. The third kappa shape index (κ3) is 2.07. The fourth-order valence-electron chi connectivity index (χ4n) is 2.66. The van der Waals surface area contributed by atoms with Crippen LogP contribution in [0.1, 0.15) is 37.3 Å². The second kappa shape index (κ2) is 4.46. The Morgan fingerprint density at radius 3 is 2.88 bits per heavy atom. The summed E-state index contributed by atoms with van der Waals surface area (Å²) in [7, 11) is 0. The molecular weight excluding hydrogens is 198 g/mol. The lowest BCUT2D eigenvalue weighted by atomic mass is 9.94. The van der Waals surface area contributed by atoms with Gasteiger partial charge in [0.2, 0.25) is 0 Å². The Bertz CT molecular complexity index is 373. The summed E-state index contributed by atoms with van der Waals surface area (Å²) < 4.78 is 0. The first-order valence-electron chi connectivity index (χ1n) is 6.15. The van der Waals surface area contributed by atoms with Crippen LogP contribution in [0.2, 0.25) is 0 Å². The molecule has 2 atom stereocenters. The van der Waals surface area contributed by atoms with Crippen molar-refractivity contribution in [2.45, 2.75) is 39.2 Å². The van der Waals surface area contributed by atoms with Crippen molar-refractivity contribution in [1.82, 2.24) is 0 Å². The topological polar surface area (TPSA) is 23.5 Å². The van der Waals surface area contributed by atoms with Gasteiger partial charge in [-0.05, 0) is 38.8 Å². The molecule has 0 saturated carbocycles. The zero-order valence-electron chi connectivity index (χ0n) is 10.4. The van der Waals surface area contributed by atoms with Crippen LogP contribution < -0.4 is 4.90 Å². The number of likely N-dealkylation sites (N-methyl/N-ethyl adjacent to an activating group) is 1. The maximum atomic E-state index is 9.55. The van der Waals surface area contributed by atoms with Gasteiger partial charge >= 0.3 is 0 Å². The minimum absolute atomic E-state index is 0.213. The van der Waals surface area contributed by atoms with E-state index in [1.807, 2.05) is 6.92 Å². The second-order valence-corrected chi connectivity index (χ2v) is 4.88. The maximum absolute atomic E-state index is 9.55. The van der Waals surface area contributed by atoms with E-state index in [4.69, 9.17) is 0 Å². The zero-order valence-corrected chi connectivity index (χ0v) is 10.4. The summed E-state index contributed by atoms with van der Waals surface area (Å²) in [6.07, 6.45) is 0.655. The molecule has 1 aliphatic rings. The number of aliphatic hydroxyl groups excluding tert-OH is 1. The third-order valence-electron chi connectivity index (χ3n) is 3.41. The molecule has 0 aliphatic carbocycles. The molecular formula is C14H21NO. The third-order valence-corrected chi connectivity index (χ3v) is 3.41. The number of benzene rings is 1. The van der Waals surface area contributed by atoms with Crippen LogP contribution in [0.25, 0.3) is 0 Å². The van der Waals surface area contributed by atoms with E-state index in [1.165, 1.54) is 16.8 Å². The molecule has 1 heterocycles. The number of anilines is 1. The Morgan fingerprint density at radius 1 is 1.50 bits per heavy atom. The minimum Gasteiger partial charge on any atom is -0.393 e. The van der Waals surface area contributed by atoms with Gasteiger partial charge < -0.3 is 10.0 Å². The molecule has 0 amide bonds. The van der Waals surface area contributed by atoms with Crippen molar-refractivity contribution in [3.8, 4) is 0 Å². The number of aryl methyl sites for hydroxylation is 1. The number of hydrogen-bond acceptors (Lipinski definition) is 2. The molecule has 0 fully saturated rings. The van der Waals surface area contributed by atoms with Crippen LogP contribution in [0, 0.1) is 6.92 Å². The van der Waals surface area contributed by atoms with Crippen LogP contribution in [0.4, 0.5) is 5.69 Å². The van der Waals surface area contributed by atoms with E-state index < -0.39 is 0 Å². The molecule has 0 spiro atoms. The summed E-state index contributed by atoms with van der Waals surface area (Å²) in [6, 6.07) is 6.67. The summed E-state index contributed by atoms with van der Waals surface area (Å²) in [5, 5.41) is 9.55. The summed E-state index contributed by atoms with van der Waals surface area (Å²) in [5.74, 6) is 0.495. The molecule has 1 aromatic rings. The van der Waals surface area contributed by atoms with Gasteiger partial charge in [-0.1, -0.05) is 17.7 Å². The molecule has 1 aliphatic heterocycles. The summed E-state index contributed by atoms with van der Waals surface area (Å²) >= 11 is 0. The zero-order chi connectivity index (χ0) is 11.7. The van der Waals surface area contributed by atoms with Gasteiger partial charge in [0.25, 0.3) is 0 Å². The minimum atomic E-state index is -0.213. The number of fused-ring (bicyclic) bond motifs is 1. The van der Waals surface area contributed by atoms with Gasteiger partial charge in [-0.3, -0.25) is 0 Å². The van der Waals surface area contributed by atoms with E-state index in [0.29, 0.717) is 5.92 Å². The highest BCUT2D eigenvalue weighted by Crippen LogP contribution is 2.38. The molecule has 16 heavy (non-hydrogen) atoms. The van der Waals surface area contributed by atoms with Crippen LogP contribution in [-0.2, 0) is 0 Å². The van der Waals surface area contributed by atoms with E-state index >= 15 is 0 Å². The highest BCUT2D eigenvalue weighted by Gasteiger charge is 2.28. The lowest BCUT2D eigenvalue weighted by Gasteiger charge is -2.17. The normalized spacial score (nSPS) is 21.0. The first-order valence-corrected chi connectivity index (χ1v) is 6.15. The summed E-state index contributed by atoms with van der Waals surface area (Å²) in [5.41, 5.74) is 4.09. The molecule has 2 heteroatoms. The molecule has 2 nitrogen and oxygen atoms in total. The fourth-order valence-corrected chi connectivity index (χ4v) is 2.66. The Balaban J connectivity index is 2.31. The number of aliphatic hydroxyl groups is 1. The van der Waals surface area contributed by atoms with Crippen LogP contribution in [0.3, 0.4) is 0 Å². The van der Waals surface area contributed by atoms with Crippen LogP contribution >= 0.6 is 0 Å². The van der Waals surface area contributed by atoms with Gasteiger partial charge in [-0.25, -0.2) is 0 Å². The van der Waals surface area contributed by atoms with E-state index in [-0.39, 0.29) is 6.10 Å². The summed E-state index contributed by atoms with van der Waals surface area (Å²) in [6.45, 7) is 8.30. The quantitative estimate of drug-likeness (QED) is 0.845. The molecule has 1 N–H and O–H groups in total. The first kappa shape index (κ1) is 11.5. The van der Waals surface area contributed by atoms with Crippen molar-refractivity contribution >= 4 is 5.69 Å². The largest absolute Gasteiger partial charge is 0.393 e. The average molecular weight is 219 g/mol. The lowest BCUT2D eigenvalue weighted by Crippen LogP contribution is -2.22. The first-order chi connectivity index (χ1) is 7.61. The van der Waals surface area contributed by atoms with E-state index in [1.54, 1.807) is 0 Å². The predicted molar refractivity (Wildman–Crippen MR) is 68.1 cm³/mol. The molecule has 2 unspecified atom stereocenters. The monoisotopic (exact) mass is 219 g/mol. The smallest absolute Gasteiger partial charge is 0.0518 e. The van der Waals surface area contributed by atoms with E-state index in [0.717, 1.165) is 19.5 Å². The van der Waals surface area contributed by atoms with E-state index in [2.05, 4.69) is 36.9 Å². The molecule has 0 radical (unpaired) electrons. The number of hydrogen-bond donors (Lipinski definition) is 1. The molecule has 0 bridgehead atoms. The number of rotatable bonds is 3. The maximum Gasteiger partial charge on any atom is 0.0518 e. The molecule has 1 aromatic carbocycles. The van der Waals surface area contributed by atoms with Crippen molar-refractivity contribution in [2.24, 2.45) is 0 Å². The van der Waals surface area contributed by atoms with Gasteiger partial charge in [0.15, 0.2) is 0 Å². The Kier molecular flexibility index (Phi) is 3.20. The standard InChI is InChI=1S/C14H21NO/c1-4-15-9-12(8-11(3)16)13-7-10(2)5-6-14(13)15/h5-7,11-12,16H,4,8-9H2,1-3H3. The van der Waals surface area contributed by atoms with Crippen molar-refractivity contribution < 1.29 is 5.11 Å². The van der Waals surface area contributed by atoms with Crippen molar-refractivity contribution in [2.75, 3.05) is 18.0 Å². The van der Waals surface area contributed by atoms with Crippen molar-refractivity contribution in [3.63, 3.8) is 0 Å². The highest BCUT2D eigenvalue weighted by molar-refractivity contribution is 5.61. The Labute approximate surface area is 97.9 Å². The molecule has 2 rings (SSSR count). The molecule has 0 saturated heterocycles. The SMILES string of the molecule is CCN1CC(CC(C)O)c2cc(C)ccc21. The second-order valence-electron chi connectivity index (χ2n) is 4.88.